The largest absolute Gasteiger partial charge is 0.425 e. The molecule has 204 valence electrons. The van der Waals surface area contributed by atoms with Gasteiger partial charge in [0.15, 0.2) is 23.8 Å². The van der Waals surface area contributed by atoms with Crippen molar-refractivity contribution in [1.82, 2.24) is 29.1 Å². The predicted molar refractivity (Wildman–Crippen MR) is 142 cm³/mol. The summed E-state index contributed by atoms with van der Waals surface area (Å²) in [4.78, 5) is 34.3. The van der Waals surface area contributed by atoms with Crippen molar-refractivity contribution in [1.29, 1.82) is 0 Å². The topological polar surface area (TPSA) is 132 Å². The van der Waals surface area contributed by atoms with Crippen LogP contribution in [0.15, 0.2) is 21.1 Å². The molecule has 5 unspecified atom stereocenters. The van der Waals surface area contributed by atoms with Crippen LogP contribution in [-0.4, -0.2) is 99.0 Å². The van der Waals surface area contributed by atoms with Crippen LogP contribution in [0.2, 0.25) is 0 Å². The van der Waals surface area contributed by atoms with Gasteiger partial charge in [0.25, 0.3) is 5.56 Å². The smallest absolute Gasteiger partial charge is 0.322 e. The second kappa shape index (κ2) is 11.1. The van der Waals surface area contributed by atoms with Crippen LogP contribution in [0.25, 0.3) is 11.2 Å². The fourth-order valence-corrected chi connectivity index (χ4v) is 6.23. The maximum Gasteiger partial charge on any atom is 0.322 e. The van der Waals surface area contributed by atoms with E-state index in [4.69, 9.17) is 18.5 Å². The van der Waals surface area contributed by atoms with Crippen LogP contribution in [0.4, 0.5) is 5.95 Å². The van der Waals surface area contributed by atoms with E-state index in [-0.39, 0.29) is 29.1 Å². The number of rotatable bonds is 11. The Hall–Kier alpha value is -2.44. The maximum absolute atomic E-state index is 12.6. The number of aromatic amines is 1. The maximum atomic E-state index is 12.6. The van der Waals surface area contributed by atoms with Crippen LogP contribution >= 0.6 is 8.53 Å². The van der Waals surface area contributed by atoms with Crippen LogP contribution in [-0.2, 0) is 18.5 Å². The molecule has 5 atom stereocenters. The number of nitrogens with zero attached hydrogens (tertiary/aromatic N) is 7. The molecule has 14 heteroatoms. The first kappa shape index (κ1) is 27.6. The van der Waals surface area contributed by atoms with Crippen LogP contribution in [0.3, 0.4) is 0 Å². The minimum atomic E-state index is -1.50. The minimum absolute atomic E-state index is 0.174. The van der Waals surface area contributed by atoms with Crippen molar-refractivity contribution >= 4 is 38.4 Å². The van der Waals surface area contributed by atoms with Crippen LogP contribution < -0.4 is 5.56 Å². The Morgan fingerprint density at radius 1 is 1.35 bits per heavy atom. The Labute approximate surface area is 217 Å². The van der Waals surface area contributed by atoms with E-state index in [0.717, 1.165) is 0 Å². The lowest BCUT2D eigenvalue weighted by Gasteiger charge is -2.36. The molecule has 0 amide bonds. The molecule has 0 saturated carbocycles. The lowest BCUT2D eigenvalue weighted by atomic mass is 10.0. The molecule has 37 heavy (non-hydrogen) atoms. The van der Waals surface area contributed by atoms with Gasteiger partial charge in [0.2, 0.25) is 5.95 Å². The van der Waals surface area contributed by atoms with Crippen molar-refractivity contribution in [3.8, 4) is 0 Å². The summed E-state index contributed by atoms with van der Waals surface area (Å²) in [6.45, 7) is 13.3. The Bertz CT molecular complexity index is 1190. The summed E-state index contributed by atoms with van der Waals surface area (Å²) >= 11 is 0. The van der Waals surface area contributed by atoms with E-state index in [2.05, 4.69) is 57.3 Å². The SMILES string of the molecule is CC/N=C/OP(OC1C2OCC1(C)OC2n1cnc2c(=O)[nH]c(/N=C\N(C)C)nc21)N(C(C)C)C(C)C. The molecule has 2 aromatic rings. The van der Waals surface area contributed by atoms with Crippen molar-refractivity contribution in [2.75, 3.05) is 27.2 Å². The molecule has 0 aliphatic carbocycles. The average molecular weight is 537 g/mol. The Morgan fingerprint density at radius 3 is 2.73 bits per heavy atom. The predicted octanol–water partition coefficient (Wildman–Crippen LogP) is 2.82. The highest BCUT2D eigenvalue weighted by Crippen LogP contribution is 2.54. The normalized spacial score (nSPS) is 26.6. The first-order valence-corrected chi connectivity index (χ1v) is 13.6. The van der Waals surface area contributed by atoms with E-state index < -0.39 is 32.6 Å². The zero-order valence-electron chi connectivity index (χ0n) is 22.7. The molecule has 2 aliphatic heterocycles. The molecule has 4 rings (SSSR count). The number of imidazole rings is 1. The van der Waals surface area contributed by atoms with Gasteiger partial charge in [0.1, 0.15) is 17.8 Å². The summed E-state index contributed by atoms with van der Waals surface area (Å²) in [5, 5.41) is 0. The van der Waals surface area contributed by atoms with Crippen molar-refractivity contribution in [3.63, 3.8) is 0 Å². The van der Waals surface area contributed by atoms with E-state index in [0.29, 0.717) is 18.8 Å². The van der Waals surface area contributed by atoms with Crippen molar-refractivity contribution < 1.29 is 18.5 Å². The summed E-state index contributed by atoms with van der Waals surface area (Å²) in [5.41, 5.74) is -0.554. The highest BCUT2D eigenvalue weighted by molar-refractivity contribution is 7.45. The molecule has 2 aliphatic rings. The van der Waals surface area contributed by atoms with Gasteiger partial charge in [-0.1, -0.05) is 0 Å². The lowest BCUT2D eigenvalue weighted by molar-refractivity contribution is -0.164. The summed E-state index contributed by atoms with van der Waals surface area (Å²) in [5.74, 6) is 0.174. The molecule has 2 fully saturated rings. The Kier molecular flexibility index (Phi) is 8.29. The Balaban J connectivity index is 1.66. The van der Waals surface area contributed by atoms with E-state index >= 15 is 0 Å². The molecule has 0 radical (unpaired) electrons. The van der Waals surface area contributed by atoms with Gasteiger partial charge in [0, 0.05) is 32.7 Å². The van der Waals surface area contributed by atoms with Gasteiger partial charge in [-0.05, 0) is 41.5 Å². The number of aromatic nitrogens is 4. The van der Waals surface area contributed by atoms with Crippen molar-refractivity contribution in [2.45, 2.75) is 77.7 Å². The van der Waals surface area contributed by atoms with Gasteiger partial charge in [-0.25, -0.2) is 14.6 Å². The Morgan fingerprint density at radius 2 is 2.08 bits per heavy atom. The fourth-order valence-electron chi connectivity index (χ4n) is 4.53. The van der Waals surface area contributed by atoms with E-state index in [9.17, 15) is 4.79 Å². The number of H-pyrrole nitrogens is 1. The van der Waals surface area contributed by atoms with Gasteiger partial charge in [0.05, 0.1) is 19.3 Å². The number of ether oxygens (including phenoxy) is 2. The molecule has 13 nitrogen and oxygen atoms in total. The second-order valence-corrected chi connectivity index (χ2v) is 11.4. The number of hydrogen-bond acceptors (Lipinski definition) is 10. The summed E-state index contributed by atoms with van der Waals surface area (Å²) < 4.78 is 29.3. The zero-order chi connectivity index (χ0) is 26.9. The molecule has 2 aromatic heterocycles. The summed E-state index contributed by atoms with van der Waals surface area (Å²) in [6.07, 6.45) is 3.09. The van der Waals surface area contributed by atoms with Gasteiger partial charge in [-0.2, -0.15) is 4.98 Å². The van der Waals surface area contributed by atoms with Crippen LogP contribution in [0.5, 0.6) is 0 Å². The van der Waals surface area contributed by atoms with Gasteiger partial charge >= 0.3 is 8.53 Å². The van der Waals surface area contributed by atoms with Gasteiger partial charge in [-0.3, -0.25) is 19.3 Å². The van der Waals surface area contributed by atoms with Crippen molar-refractivity contribution in [2.24, 2.45) is 9.98 Å². The molecular formula is C23H37N8O5P. The molecule has 2 bridgehead atoms. The third-order valence-electron chi connectivity index (χ3n) is 6.08. The van der Waals surface area contributed by atoms with Crippen LogP contribution in [0, 0.1) is 0 Å². The first-order chi connectivity index (χ1) is 17.6. The average Bonchev–Trinajstić information content (AvgIpc) is 3.46. The van der Waals surface area contributed by atoms with E-state index in [1.807, 2.05) is 27.9 Å². The number of aliphatic imine (C=N–C) groups is 2. The van der Waals surface area contributed by atoms with E-state index in [1.54, 1.807) is 22.1 Å². The highest BCUT2D eigenvalue weighted by atomic mass is 31.2. The summed E-state index contributed by atoms with van der Waals surface area (Å²) in [7, 11) is 2.16. The molecule has 1 N–H and O–H groups in total. The molecule has 0 aromatic carbocycles. The second-order valence-electron chi connectivity index (χ2n) is 10.1. The number of hydrogen-bond donors (Lipinski definition) is 1. The third kappa shape index (κ3) is 5.56. The molecule has 4 heterocycles. The van der Waals surface area contributed by atoms with Crippen molar-refractivity contribution in [3.05, 3.63) is 16.7 Å². The minimum Gasteiger partial charge on any atom is -0.425 e. The first-order valence-electron chi connectivity index (χ1n) is 12.4. The molecular weight excluding hydrogens is 499 g/mol. The summed E-state index contributed by atoms with van der Waals surface area (Å²) in [6, 6.07) is 0.362. The number of nitrogens with one attached hydrogen (secondary N) is 1. The van der Waals surface area contributed by atoms with Gasteiger partial charge < -0.3 is 23.4 Å². The third-order valence-corrected chi connectivity index (χ3v) is 8.07. The quantitative estimate of drug-likeness (QED) is 0.262. The molecule has 0 spiro atoms. The zero-order valence-corrected chi connectivity index (χ0v) is 23.5. The van der Waals surface area contributed by atoms with Gasteiger partial charge in [-0.15, -0.1) is 0 Å². The number of fused-ring (bicyclic) bond motifs is 3. The fraction of sp³-hybridized carbons (Fsp3) is 0.696. The van der Waals surface area contributed by atoms with E-state index in [1.165, 1.54) is 6.40 Å². The monoisotopic (exact) mass is 536 g/mol. The molecule has 2 saturated heterocycles. The standard InChI is InChI=1S/C23H37N8O5P/c1-9-24-13-34-37(31(14(2)3)15(4)5)36-18-17-21(35-23(18,6)10-33-17)30-12-25-16-19(30)27-22(28-20(16)32)26-11-29(7)8/h11-15,17-18,21H,9-10H2,1-8H3,(H,27,28,32)/b24-13+,26-11-. The van der Waals surface area contributed by atoms with Crippen LogP contribution in [0.1, 0.15) is 47.8 Å². The lowest BCUT2D eigenvalue weighted by Crippen LogP contribution is -2.40. The highest BCUT2D eigenvalue weighted by Gasteiger charge is 2.62.